The molecule has 0 fully saturated rings. The summed E-state index contributed by atoms with van der Waals surface area (Å²) in [5.41, 5.74) is 2.48. The van der Waals surface area contributed by atoms with Crippen LogP contribution in [0.4, 0.5) is 10.1 Å². The van der Waals surface area contributed by atoms with Gasteiger partial charge in [-0.1, -0.05) is 29.8 Å². The molecule has 0 aliphatic carbocycles. The molecule has 1 heterocycles. The molecular weight excluding hydrogens is 417 g/mol. The van der Waals surface area contributed by atoms with E-state index in [4.69, 9.17) is 21.6 Å². The molecule has 7 heteroatoms. The molecule has 0 radical (unpaired) electrons. The number of nitrogens with one attached hydrogen (secondary N) is 1. The summed E-state index contributed by atoms with van der Waals surface area (Å²) in [5, 5.41) is 12.4. The first kappa shape index (κ1) is 22.4. The lowest BCUT2D eigenvalue weighted by Gasteiger charge is -2.26. The van der Waals surface area contributed by atoms with Crippen molar-refractivity contribution in [2.24, 2.45) is 0 Å². The highest BCUT2D eigenvalue weighted by atomic mass is 35.5. The number of carbonyl (C=O) groups excluding carboxylic acids is 1. The zero-order chi connectivity index (χ0) is 22.5. The SMILES string of the molecule is CCOC(=O)c1ccn(C(C)C)c1C(Nc1cccc(Cl)c1F)c1ccc(C#N)cc1. The average Bonchev–Trinajstić information content (AvgIpc) is 3.20. The standard InChI is InChI=1S/C24H23ClFN3O2/c1-4-31-24(30)18-12-13-29(15(2)3)23(18)22(17-10-8-16(14-27)9-11-17)28-20-7-5-6-19(25)21(20)26/h5-13,15,22,28H,4H2,1-3H3. The Balaban J connectivity index is 2.20. The van der Waals surface area contributed by atoms with Gasteiger partial charge < -0.3 is 14.6 Å². The van der Waals surface area contributed by atoms with Crippen molar-refractivity contribution in [1.82, 2.24) is 4.57 Å². The number of esters is 1. The van der Waals surface area contributed by atoms with Gasteiger partial charge in [0.1, 0.15) is 0 Å². The third-order valence-electron chi connectivity index (χ3n) is 4.91. The number of nitrogens with zero attached hydrogens (tertiary/aromatic N) is 2. The highest BCUT2D eigenvalue weighted by Gasteiger charge is 2.28. The molecule has 2 aromatic carbocycles. The van der Waals surface area contributed by atoms with E-state index in [1.807, 2.05) is 24.6 Å². The van der Waals surface area contributed by atoms with Crippen molar-refractivity contribution in [1.29, 1.82) is 5.26 Å². The van der Waals surface area contributed by atoms with Crippen LogP contribution in [-0.2, 0) is 4.74 Å². The highest BCUT2D eigenvalue weighted by Crippen LogP contribution is 2.34. The second-order valence-corrected chi connectivity index (χ2v) is 7.66. The molecule has 3 aromatic rings. The quantitative estimate of drug-likeness (QED) is 0.451. The minimum atomic E-state index is -0.600. The molecular formula is C24H23ClFN3O2. The largest absolute Gasteiger partial charge is 0.462 e. The molecule has 1 unspecified atom stereocenters. The number of benzene rings is 2. The summed E-state index contributed by atoms with van der Waals surface area (Å²) in [6.07, 6.45) is 1.82. The summed E-state index contributed by atoms with van der Waals surface area (Å²) >= 11 is 5.98. The number of aromatic nitrogens is 1. The van der Waals surface area contributed by atoms with E-state index in [2.05, 4.69) is 11.4 Å². The summed E-state index contributed by atoms with van der Waals surface area (Å²) in [6.45, 7) is 5.97. The van der Waals surface area contributed by atoms with Gasteiger partial charge in [-0.25, -0.2) is 9.18 Å². The zero-order valence-corrected chi connectivity index (χ0v) is 18.3. The van der Waals surface area contributed by atoms with E-state index in [9.17, 15) is 9.18 Å². The van der Waals surface area contributed by atoms with Gasteiger partial charge in [0.05, 0.1) is 46.2 Å². The van der Waals surface area contributed by atoms with Gasteiger partial charge in [0, 0.05) is 12.2 Å². The van der Waals surface area contributed by atoms with E-state index in [1.54, 1.807) is 49.4 Å². The number of anilines is 1. The Bertz CT molecular complexity index is 1120. The van der Waals surface area contributed by atoms with E-state index < -0.39 is 17.8 Å². The third-order valence-corrected chi connectivity index (χ3v) is 5.20. The van der Waals surface area contributed by atoms with E-state index in [0.717, 1.165) is 5.56 Å². The molecule has 1 aromatic heterocycles. The molecule has 1 atom stereocenters. The van der Waals surface area contributed by atoms with Crippen LogP contribution in [0.1, 0.15) is 60.0 Å². The van der Waals surface area contributed by atoms with E-state index in [-0.39, 0.29) is 23.4 Å². The summed E-state index contributed by atoms with van der Waals surface area (Å²) in [5.74, 6) is -1.04. The fourth-order valence-electron chi connectivity index (χ4n) is 3.43. The predicted molar refractivity (Wildman–Crippen MR) is 119 cm³/mol. The van der Waals surface area contributed by atoms with Crippen LogP contribution >= 0.6 is 11.6 Å². The first-order valence-electron chi connectivity index (χ1n) is 9.95. The number of hydrogen-bond acceptors (Lipinski definition) is 4. The molecule has 0 amide bonds. The molecule has 160 valence electrons. The van der Waals surface area contributed by atoms with Gasteiger partial charge in [0.2, 0.25) is 0 Å². The monoisotopic (exact) mass is 439 g/mol. The zero-order valence-electron chi connectivity index (χ0n) is 17.5. The minimum Gasteiger partial charge on any atom is -0.462 e. The lowest BCUT2D eigenvalue weighted by Crippen LogP contribution is -2.21. The predicted octanol–water partition coefficient (Wildman–Crippen LogP) is 6.11. The van der Waals surface area contributed by atoms with Gasteiger partial charge in [-0.05, 0) is 56.7 Å². The van der Waals surface area contributed by atoms with Crippen molar-refractivity contribution in [3.8, 4) is 6.07 Å². The normalized spacial score (nSPS) is 11.8. The summed E-state index contributed by atoms with van der Waals surface area (Å²) in [7, 11) is 0. The molecule has 0 aliphatic rings. The number of nitriles is 1. The smallest absolute Gasteiger partial charge is 0.340 e. The van der Waals surface area contributed by atoms with Gasteiger partial charge >= 0.3 is 5.97 Å². The Morgan fingerprint density at radius 2 is 1.94 bits per heavy atom. The van der Waals surface area contributed by atoms with Crippen molar-refractivity contribution in [2.45, 2.75) is 32.9 Å². The topological polar surface area (TPSA) is 67.0 Å². The second kappa shape index (κ2) is 9.67. The molecule has 3 rings (SSSR count). The van der Waals surface area contributed by atoms with Gasteiger partial charge in [-0.3, -0.25) is 0 Å². The maximum atomic E-state index is 14.7. The van der Waals surface area contributed by atoms with Crippen LogP contribution in [0.25, 0.3) is 0 Å². The number of halogens is 2. The van der Waals surface area contributed by atoms with Crippen LogP contribution in [0.5, 0.6) is 0 Å². The number of carbonyl (C=O) groups is 1. The lowest BCUT2D eigenvalue weighted by molar-refractivity contribution is 0.0524. The molecule has 0 bridgehead atoms. The van der Waals surface area contributed by atoms with Gasteiger partial charge in [0.25, 0.3) is 0 Å². The van der Waals surface area contributed by atoms with Gasteiger partial charge in [0.15, 0.2) is 5.82 Å². The van der Waals surface area contributed by atoms with Crippen molar-refractivity contribution in [3.63, 3.8) is 0 Å². The maximum Gasteiger partial charge on any atom is 0.340 e. The molecule has 0 spiro atoms. The summed E-state index contributed by atoms with van der Waals surface area (Å²) in [4.78, 5) is 12.7. The van der Waals surface area contributed by atoms with Crippen LogP contribution in [-0.4, -0.2) is 17.1 Å². The van der Waals surface area contributed by atoms with Gasteiger partial charge in [-0.2, -0.15) is 5.26 Å². The molecule has 5 nitrogen and oxygen atoms in total. The first-order chi connectivity index (χ1) is 14.9. The Kier molecular flexibility index (Phi) is 6.98. The van der Waals surface area contributed by atoms with E-state index >= 15 is 0 Å². The van der Waals surface area contributed by atoms with Crippen molar-refractivity contribution < 1.29 is 13.9 Å². The molecule has 0 aliphatic heterocycles. The third kappa shape index (κ3) is 4.73. The number of rotatable bonds is 7. The summed E-state index contributed by atoms with van der Waals surface area (Å²) in [6, 6.07) is 14.9. The molecule has 0 saturated heterocycles. The molecule has 1 N–H and O–H groups in total. The maximum absolute atomic E-state index is 14.7. The van der Waals surface area contributed by atoms with Crippen LogP contribution in [0.15, 0.2) is 54.7 Å². The van der Waals surface area contributed by atoms with Crippen molar-refractivity contribution in [2.75, 3.05) is 11.9 Å². The Morgan fingerprint density at radius 3 is 2.55 bits per heavy atom. The van der Waals surface area contributed by atoms with Crippen molar-refractivity contribution >= 4 is 23.3 Å². The van der Waals surface area contributed by atoms with Crippen LogP contribution in [0, 0.1) is 17.1 Å². The minimum absolute atomic E-state index is 0.00608. The lowest BCUT2D eigenvalue weighted by atomic mass is 9.98. The number of hydrogen-bond donors (Lipinski definition) is 1. The average molecular weight is 440 g/mol. The molecule has 0 saturated carbocycles. The number of ether oxygens (including phenoxy) is 1. The van der Waals surface area contributed by atoms with Crippen LogP contribution in [0.2, 0.25) is 5.02 Å². The van der Waals surface area contributed by atoms with Crippen LogP contribution < -0.4 is 5.32 Å². The van der Waals surface area contributed by atoms with Crippen LogP contribution in [0.3, 0.4) is 0 Å². The second-order valence-electron chi connectivity index (χ2n) is 7.25. The fraction of sp³-hybridized carbons (Fsp3) is 0.250. The fourth-order valence-corrected chi connectivity index (χ4v) is 3.60. The van der Waals surface area contributed by atoms with E-state index in [1.165, 1.54) is 6.07 Å². The Morgan fingerprint density at radius 1 is 1.23 bits per heavy atom. The Hall–Kier alpha value is -3.30. The highest BCUT2D eigenvalue weighted by molar-refractivity contribution is 6.31. The van der Waals surface area contributed by atoms with Crippen molar-refractivity contribution in [3.05, 3.63) is 88.0 Å². The molecule has 31 heavy (non-hydrogen) atoms. The summed E-state index contributed by atoms with van der Waals surface area (Å²) < 4.78 is 21.9. The Labute approximate surface area is 186 Å². The first-order valence-corrected chi connectivity index (χ1v) is 10.3. The van der Waals surface area contributed by atoms with E-state index in [0.29, 0.717) is 16.8 Å². The van der Waals surface area contributed by atoms with Gasteiger partial charge in [-0.15, -0.1) is 0 Å².